The maximum atomic E-state index is 3.50. The average molecular weight is 199 g/mol. The SMILES string of the molecule is CNC1(c2ccc3c(c2)C=CC3)CCC1. The van der Waals surface area contributed by atoms with Crippen molar-refractivity contribution in [1.82, 2.24) is 5.32 Å². The standard InChI is InChI=1S/C14H17N/c1-15-14(8-3-9-14)13-7-6-11-4-2-5-12(11)10-13/h2,5-7,10,15H,3-4,8-9H2,1H3. The predicted molar refractivity (Wildman–Crippen MR) is 63.8 cm³/mol. The molecule has 15 heavy (non-hydrogen) atoms. The monoisotopic (exact) mass is 199 g/mol. The van der Waals surface area contributed by atoms with Crippen LogP contribution in [0, 0.1) is 0 Å². The second-order valence-corrected chi connectivity index (χ2v) is 4.71. The van der Waals surface area contributed by atoms with Crippen molar-refractivity contribution < 1.29 is 0 Å². The third kappa shape index (κ3) is 1.26. The third-order valence-electron chi connectivity index (χ3n) is 4.02. The van der Waals surface area contributed by atoms with E-state index in [2.05, 4.69) is 42.7 Å². The lowest BCUT2D eigenvalue weighted by atomic mass is 9.71. The molecule has 0 bridgehead atoms. The molecule has 2 aliphatic carbocycles. The lowest BCUT2D eigenvalue weighted by Gasteiger charge is -2.42. The molecule has 1 nitrogen and oxygen atoms in total. The summed E-state index contributed by atoms with van der Waals surface area (Å²) in [5.74, 6) is 0. The predicted octanol–water partition coefficient (Wildman–Crippen LogP) is 2.85. The summed E-state index contributed by atoms with van der Waals surface area (Å²) in [7, 11) is 2.09. The van der Waals surface area contributed by atoms with Crippen molar-refractivity contribution >= 4 is 6.08 Å². The highest BCUT2D eigenvalue weighted by Crippen LogP contribution is 2.41. The molecule has 0 atom stereocenters. The van der Waals surface area contributed by atoms with Crippen LogP contribution < -0.4 is 5.32 Å². The van der Waals surface area contributed by atoms with Gasteiger partial charge >= 0.3 is 0 Å². The Labute approximate surface area is 91.2 Å². The lowest BCUT2D eigenvalue weighted by molar-refractivity contribution is 0.201. The van der Waals surface area contributed by atoms with E-state index < -0.39 is 0 Å². The normalized spacial score (nSPS) is 21.1. The highest BCUT2D eigenvalue weighted by Gasteiger charge is 2.37. The maximum Gasteiger partial charge on any atom is 0.0432 e. The molecule has 2 aliphatic rings. The van der Waals surface area contributed by atoms with Crippen molar-refractivity contribution in [3.05, 3.63) is 41.0 Å². The van der Waals surface area contributed by atoms with Crippen LogP contribution in [0.2, 0.25) is 0 Å². The van der Waals surface area contributed by atoms with E-state index in [1.54, 1.807) is 0 Å². The van der Waals surface area contributed by atoms with Crippen molar-refractivity contribution in [2.45, 2.75) is 31.2 Å². The Balaban J connectivity index is 2.02. The van der Waals surface area contributed by atoms with E-state index in [1.807, 2.05) is 0 Å². The topological polar surface area (TPSA) is 12.0 Å². The fraction of sp³-hybridized carbons (Fsp3) is 0.429. The molecule has 3 rings (SSSR count). The first kappa shape index (κ1) is 9.17. The van der Waals surface area contributed by atoms with Crippen molar-refractivity contribution in [1.29, 1.82) is 0 Å². The van der Waals surface area contributed by atoms with Gasteiger partial charge in [-0.15, -0.1) is 0 Å². The van der Waals surface area contributed by atoms with Gasteiger partial charge in [-0.25, -0.2) is 0 Å². The Bertz CT molecular complexity index is 408. The second kappa shape index (κ2) is 3.21. The van der Waals surface area contributed by atoms with Crippen molar-refractivity contribution in [3.63, 3.8) is 0 Å². The van der Waals surface area contributed by atoms with E-state index >= 15 is 0 Å². The molecule has 1 aromatic carbocycles. The molecule has 0 saturated heterocycles. The van der Waals surface area contributed by atoms with Gasteiger partial charge in [0.1, 0.15) is 0 Å². The van der Waals surface area contributed by atoms with Gasteiger partial charge in [0.2, 0.25) is 0 Å². The summed E-state index contributed by atoms with van der Waals surface area (Å²) in [5, 5.41) is 3.50. The summed E-state index contributed by atoms with van der Waals surface area (Å²) >= 11 is 0. The van der Waals surface area contributed by atoms with E-state index in [0.717, 1.165) is 6.42 Å². The van der Waals surface area contributed by atoms with Crippen LogP contribution in [0.5, 0.6) is 0 Å². The summed E-state index contributed by atoms with van der Waals surface area (Å²) < 4.78 is 0. The highest BCUT2D eigenvalue weighted by atomic mass is 15.0. The minimum absolute atomic E-state index is 0.283. The van der Waals surface area contributed by atoms with Crippen LogP contribution in [-0.2, 0) is 12.0 Å². The molecular weight excluding hydrogens is 182 g/mol. The van der Waals surface area contributed by atoms with Crippen LogP contribution in [0.1, 0.15) is 36.0 Å². The van der Waals surface area contributed by atoms with Crippen LogP contribution >= 0.6 is 0 Å². The number of rotatable bonds is 2. The first-order chi connectivity index (χ1) is 7.34. The summed E-state index contributed by atoms with van der Waals surface area (Å²) in [6.07, 6.45) is 9.54. The van der Waals surface area contributed by atoms with E-state index in [0.29, 0.717) is 0 Å². The lowest BCUT2D eigenvalue weighted by Crippen LogP contribution is -2.46. The number of fused-ring (bicyclic) bond motifs is 1. The molecule has 1 fully saturated rings. The van der Waals surface area contributed by atoms with Gasteiger partial charge in [0.15, 0.2) is 0 Å². The van der Waals surface area contributed by atoms with Crippen LogP contribution in [0.3, 0.4) is 0 Å². The van der Waals surface area contributed by atoms with Crippen LogP contribution in [0.4, 0.5) is 0 Å². The zero-order chi connectivity index (χ0) is 10.3. The van der Waals surface area contributed by atoms with Crippen LogP contribution in [-0.4, -0.2) is 7.05 Å². The first-order valence-electron chi connectivity index (χ1n) is 5.83. The molecule has 1 N–H and O–H groups in total. The highest BCUT2D eigenvalue weighted by molar-refractivity contribution is 5.61. The summed E-state index contributed by atoms with van der Waals surface area (Å²) in [6.45, 7) is 0. The Hall–Kier alpha value is -1.08. The van der Waals surface area contributed by atoms with E-state index in [4.69, 9.17) is 0 Å². The largest absolute Gasteiger partial charge is 0.310 e. The number of hydrogen-bond donors (Lipinski definition) is 1. The summed E-state index contributed by atoms with van der Waals surface area (Å²) in [4.78, 5) is 0. The van der Waals surface area contributed by atoms with E-state index in [9.17, 15) is 0 Å². The molecule has 0 spiro atoms. The van der Waals surface area contributed by atoms with Gasteiger partial charge in [0, 0.05) is 5.54 Å². The smallest absolute Gasteiger partial charge is 0.0432 e. The molecule has 0 aromatic heterocycles. The molecule has 0 unspecified atom stereocenters. The number of nitrogens with one attached hydrogen (secondary N) is 1. The quantitative estimate of drug-likeness (QED) is 0.772. The molecule has 78 valence electrons. The molecule has 0 heterocycles. The minimum Gasteiger partial charge on any atom is -0.310 e. The van der Waals surface area contributed by atoms with Gasteiger partial charge in [-0.05, 0) is 55.5 Å². The zero-order valence-corrected chi connectivity index (χ0v) is 9.22. The van der Waals surface area contributed by atoms with Crippen molar-refractivity contribution in [2.75, 3.05) is 7.05 Å². The molecule has 1 heteroatoms. The van der Waals surface area contributed by atoms with Gasteiger partial charge in [-0.1, -0.05) is 24.3 Å². The molecule has 0 aliphatic heterocycles. The Morgan fingerprint density at radius 3 is 2.80 bits per heavy atom. The van der Waals surface area contributed by atoms with Gasteiger partial charge in [0.25, 0.3) is 0 Å². The number of hydrogen-bond acceptors (Lipinski definition) is 1. The van der Waals surface area contributed by atoms with Crippen molar-refractivity contribution in [3.8, 4) is 0 Å². The van der Waals surface area contributed by atoms with Crippen LogP contribution in [0.15, 0.2) is 24.3 Å². The van der Waals surface area contributed by atoms with Crippen molar-refractivity contribution in [2.24, 2.45) is 0 Å². The van der Waals surface area contributed by atoms with Gasteiger partial charge in [0.05, 0.1) is 0 Å². The van der Waals surface area contributed by atoms with Gasteiger partial charge < -0.3 is 5.32 Å². The van der Waals surface area contributed by atoms with E-state index in [1.165, 1.54) is 36.0 Å². The Morgan fingerprint density at radius 2 is 2.13 bits per heavy atom. The van der Waals surface area contributed by atoms with Crippen LogP contribution in [0.25, 0.3) is 6.08 Å². The fourth-order valence-corrected chi connectivity index (χ4v) is 2.76. The number of allylic oxidation sites excluding steroid dienone is 1. The average Bonchev–Trinajstić information content (AvgIpc) is 2.64. The molecule has 1 saturated carbocycles. The minimum atomic E-state index is 0.283. The van der Waals surface area contributed by atoms with E-state index in [-0.39, 0.29) is 5.54 Å². The number of benzene rings is 1. The zero-order valence-electron chi connectivity index (χ0n) is 9.22. The maximum absolute atomic E-state index is 3.50. The Morgan fingerprint density at radius 1 is 1.27 bits per heavy atom. The first-order valence-corrected chi connectivity index (χ1v) is 5.83. The molecule has 1 aromatic rings. The van der Waals surface area contributed by atoms with Gasteiger partial charge in [-0.2, -0.15) is 0 Å². The summed E-state index contributed by atoms with van der Waals surface area (Å²) in [5.41, 5.74) is 4.66. The fourth-order valence-electron chi connectivity index (χ4n) is 2.76. The molecule has 0 amide bonds. The molecule has 0 radical (unpaired) electrons. The second-order valence-electron chi connectivity index (χ2n) is 4.71. The third-order valence-corrected chi connectivity index (χ3v) is 4.02. The Kier molecular flexibility index (Phi) is 1.96. The molecular formula is C14H17N. The summed E-state index contributed by atoms with van der Waals surface area (Å²) in [6, 6.07) is 6.97. The van der Waals surface area contributed by atoms with Gasteiger partial charge in [-0.3, -0.25) is 0 Å².